The molecule has 0 radical (unpaired) electrons. The highest BCUT2D eigenvalue weighted by Gasteiger charge is 2.23. The number of hydrogen-bond acceptors (Lipinski definition) is 4. The standard InChI is InChI=1S/C7H7ClN2O2/c8-5-1-2-6-7(3-5)10(12)4-9(6)11/h1-3,11-12H,4H2. The van der Waals surface area contributed by atoms with Gasteiger partial charge < -0.3 is 0 Å². The van der Waals surface area contributed by atoms with Gasteiger partial charge in [0.15, 0.2) is 0 Å². The van der Waals surface area contributed by atoms with Crippen LogP contribution in [0.3, 0.4) is 0 Å². The summed E-state index contributed by atoms with van der Waals surface area (Å²) in [6.07, 6.45) is 0. The summed E-state index contributed by atoms with van der Waals surface area (Å²) in [6.45, 7) is 0.0513. The van der Waals surface area contributed by atoms with Crippen molar-refractivity contribution in [2.75, 3.05) is 16.8 Å². The molecule has 0 fully saturated rings. The molecule has 0 saturated carbocycles. The normalized spacial score (nSPS) is 15.2. The summed E-state index contributed by atoms with van der Waals surface area (Å²) in [5, 5.41) is 20.9. The second kappa shape index (κ2) is 2.52. The fourth-order valence-corrected chi connectivity index (χ4v) is 1.37. The van der Waals surface area contributed by atoms with Gasteiger partial charge in [0.05, 0.1) is 11.4 Å². The predicted octanol–water partition coefficient (Wildman–Crippen LogP) is 1.70. The van der Waals surface area contributed by atoms with Crippen LogP contribution in [0.1, 0.15) is 0 Å². The SMILES string of the molecule is ON1CN(O)c2cc(Cl)ccc21. The maximum atomic E-state index is 9.25. The lowest BCUT2D eigenvalue weighted by Gasteiger charge is -2.08. The molecule has 0 atom stereocenters. The number of benzene rings is 1. The summed E-state index contributed by atoms with van der Waals surface area (Å²) in [5.74, 6) is 0. The smallest absolute Gasteiger partial charge is 0.142 e. The van der Waals surface area contributed by atoms with Gasteiger partial charge in [-0.25, -0.2) is 10.1 Å². The van der Waals surface area contributed by atoms with Gasteiger partial charge in [0, 0.05) is 5.02 Å². The minimum absolute atomic E-state index is 0.0513. The van der Waals surface area contributed by atoms with Crippen molar-refractivity contribution in [2.45, 2.75) is 0 Å². The first-order valence-electron chi connectivity index (χ1n) is 3.41. The Hall–Kier alpha value is -0.970. The molecule has 0 amide bonds. The van der Waals surface area contributed by atoms with E-state index in [1.165, 1.54) is 0 Å². The second-order valence-corrected chi connectivity index (χ2v) is 3.01. The molecule has 0 spiro atoms. The van der Waals surface area contributed by atoms with Crippen molar-refractivity contribution in [3.8, 4) is 0 Å². The Bertz CT molecular complexity index is 318. The number of fused-ring (bicyclic) bond motifs is 1. The van der Waals surface area contributed by atoms with Gasteiger partial charge in [-0.1, -0.05) is 11.6 Å². The minimum atomic E-state index is 0.0513. The van der Waals surface area contributed by atoms with Crippen molar-refractivity contribution in [1.82, 2.24) is 0 Å². The molecule has 0 saturated heterocycles. The molecule has 2 N–H and O–H groups in total. The van der Waals surface area contributed by atoms with Gasteiger partial charge in [-0.2, -0.15) is 0 Å². The van der Waals surface area contributed by atoms with Gasteiger partial charge in [-0.05, 0) is 18.2 Å². The molecule has 64 valence electrons. The largest absolute Gasteiger partial charge is 0.287 e. The van der Waals surface area contributed by atoms with E-state index in [-0.39, 0.29) is 6.67 Å². The maximum Gasteiger partial charge on any atom is 0.142 e. The van der Waals surface area contributed by atoms with E-state index in [0.29, 0.717) is 16.4 Å². The van der Waals surface area contributed by atoms with Gasteiger partial charge in [0.1, 0.15) is 6.67 Å². The quantitative estimate of drug-likeness (QED) is 0.648. The molecule has 1 aliphatic heterocycles. The fourth-order valence-electron chi connectivity index (χ4n) is 1.20. The molecule has 0 aliphatic carbocycles. The van der Waals surface area contributed by atoms with Crippen molar-refractivity contribution in [2.24, 2.45) is 0 Å². The van der Waals surface area contributed by atoms with Crippen LogP contribution in [0, 0.1) is 0 Å². The first kappa shape index (κ1) is 7.67. The van der Waals surface area contributed by atoms with Gasteiger partial charge in [-0.15, -0.1) is 0 Å². The summed E-state index contributed by atoms with van der Waals surface area (Å²) in [6, 6.07) is 4.89. The first-order chi connectivity index (χ1) is 5.68. The van der Waals surface area contributed by atoms with Crippen LogP contribution in [0.5, 0.6) is 0 Å². The average Bonchev–Trinajstić information content (AvgIpc) is 2.28. The summed E-state index contributed by atoms with van der Waals surface area (Å²) >= 11 is 5.70. The van der Waals surface area contributed by atoms with Crippen LogP contribution in [0.15, 0.2) is 18.2 Å². The Morgan fingerprint density at radius 2 is 1.83 bits per heavy atom. The number of anilines is 2. The molecule has 1 aromatic carbocycles. The lowest BCUT2D eigenvalue weighted by molar-refractivity contribution is 0.203. The summed E-state index contributed by atoms with van der Waals surface area (Å²) in [4.78, 5) is 0. The molecule has 12 heavy (non-hydrogen) atoms. The fraction of sp³-hybridized carbons (Fsp3) is 0.143. The van der Waals surface area contributed by atoms with E-state index in [2.05, 4.69) is 0 Å². The zero-order valence-corrected chi connectivity index (χ0v) is 6.86. The summed E-state index contributed by atoms with van der Waals surface area (Å²) in [7, 11) is 0. The number of halogens is 1. The van der Waals surface area contributed by atoms with Crippen LogP contribution in [0.2, 0.25) is 5.02 Å². The van der Waals surface area contributed by atoms with Gasteiger partial charge in [-0.3, -0.25) is 10.4 Å². The van der Waals surface area contributed by atoms with Crippen LogP contribution in [-0.2, 0) is 0 Å². The molecule has 5 heteroatoms. The van der Waals surface area contributed by atoms with E-state index in [1.54, 1.807) is 18.2 Å². The van der Waals surface area contributed by atoms with E-state index >= 15 is 0 Å². The van der Waals surface area contributed by atoms with Crippen LogP contribution in [0.4, 0.5) is 11.4 Å². The zero-order chi connectivity index (χ0) is 8.72. The molecular weight excluding hydrogens is 180 g/mol. The van der Waals surface area contributed by atoms with Crippen LogP contribution in [-0.4, -0.2) is 17.1 Å². The molecule has 0 bridgehead atoms. The monoisotopic (exact) mass is 186 g/mol. The first-order valence-corrected chi connectivity index (χ1v) is 3.78. The molecule has 1 heterocycles. The van der Waals surface area contributed by atoms with E-state index < -0.39 is 0 Å². The predicted molar refractivity (Wildman–Crippen MR) is 44.9 cm³/mol. The summed E-state index contributed by atoms with van der Waals surface area (Å²) in [5.41, 5.74) is 1.08. The van der Waals surface area contributed by atoms with E-state index in [1.807, 2.05) is 0 Å². The molecular formula is C7H7ClN2O2. The van der Waals surface area contributed by atoms with Crippen molar-refractivity contribution in [3.63, 3.8) is 0 Å². The average molecular weight is 187 g/mol. The van der Waals surface area contributed by atoms with Crippen molar-refractivity contribution in [3.05, 3.63) is 23.2 Å². The Morgan fingerprint density at radius 1 is 1.17 bits per heavy atom. The van der Waals surface area contributed by atoms with Crippen LogP contribution in [0.25, 0.3) is 0 Å². The number of hydroxylamine groups is 2. The van der Waals surface area contributed by atoms with Gasteiger partial charge >= 0.3 is 0 Å². The third kappa shape index (κ3) is 1.01. The van der Waals surface area contributed by atoms with E-state index in [0.717, 1.165) is 10.1 Å². The zero-order valence-electron chi connectivity index (χ0n) is 6.11. The number of rotatable bonds is 0. The lowest BCUT2D eigenvalue weighted by atomic mass is 10.3. The summed E-state index contributed by atoms with van der Waals surface area (Å²) < 4.78 is 0. The number of hydrogen-bond donors (Lipinski definition) is 2. The molecule has 0 aromatic heterocycles. The second-order valence-electron chi connectivity index (χ2n) is 2.57. The van der Waals surface area contributed by atoms with E-state index in [4.69, 9.17) is 11.6 Å². The van der Waals surface area contributed by atoms with Gasteiger partial charge in [0.25, 0.3) is 0 Å². The third-order valence-corrected chi connectivity index (χ3v) is 2.00. The van der Waals surface area contributed by atoms with Crippen LogP contribution >= 0.6 is 11.6 Å². The van der Waals surface area contributed by atoms with Crippen molar-refractivity contribution >= 4 is 23.0 Å². The lowest BCUT2D eigenvalue weighted by Crippen LogP contribution is -2.25. The van der Waals surface area contributed by atoms with Gasteiger partial charge in [0.2, 0.25) is 0 Å². The Labute approximate surface area is 74.1 Å². The maximum absolute atomic E-state index is 9.25. The molecule has 1 aliphatic rings. The highest BCUT2D eigenvalue weighted by Crippen LogP contribution is 2.35. The third-order valence-electron chi connectivity index (χ3n) is 1.76. The molecule has 0 unspecified atom stereocenters. The Kier molecular flexibility index (Phi) is 1.61. The van der Waals surface area contributed by atoms with Crippen molar-refractivity contribution < 1.29 is 10.4 Å². The topological polar surface area (TPSA) is 46.9 Å². The minimum Gasteiger partial charge on any atom is -0.287 e. The van der Waals surface area contributed by atoms with E-state index in [9.17, 15) is 10.4 Å². The van der Waals surface area contributed by atoms with Crippen molar-refractivity contribution in [1.29, 1.82) is 0 Å². The molecule has 1 aromatic rings. The molecule has 4 nitrogen and oxygen atoms in total. The number of nitrogens with zero attached hydrogens (tertiary/aromatic N) is 2. The Balaban J connectivity index is 2.53. The van der Waals surface area contributed by atoms with Crippen LogP contribution < -0.4 is 10.1 Å². The Morgan fingerprint density at radius 3 is 2.58 bits per heavy atom. The highest BCUT2D eigenvalue weighted by atomic mass is 35.5. The molecule has 2 rings (SSSR count). The highest BCUT2D eigenvalue weighted by molar-refractivity contribution is 6.31.